The smallest absolute Gasteiger partial charge is 0.202 e. The Balaban J connectivity index is 1.59. The van der Waals surface area contributed by atoms with Gasteiger partial charge in [0, 0.05) is 16.6 Å². The van der Waals surface area contributed by atoms with E-state index in [9.17, 15) is 0 Å². The lowest BCUT2D eigenvalue weighted by atomic mass is 10.1. The summed E-state index contributed by atoms with van der Waals surface area (Å²) < 4.78 is 0. The normalized spacial score (nSPS) is 10.2. The van der Waals surface area contributed by atoms with Crippen LogP contribution < -0.4 is 16.2 Å². The summed E-state index contributed by atoms with van der Waals surface area (Å²) in [6, 6.07) is 16.3. The van der Waals surface area contributed by atoms with E-state index in [1.165, 1.54) is 16.9 Å². The standard InChI is InChI=1S/C18H18N4S2/c1-12-8-9-13(2)15(10-12)19-17(23)21-22-18-20-16(11-24-18)14-6-4-3-5-7-14/h3-11H,1-2H3,(H,20,22)(H2,19,21,23). The Morgan fingerprint density at radius 3 is 2.67 bits per heavy atom. The zero-order valence-corrected chi connectivity index (χ0v) is 15.1. The van der Waals surface area contributed by atoms with Crippen LogP contribution >= 0.6 is 23.6 Å². The van der Waals surface area contributed by atoms with Crippen LogP contribution in [-0.2, 0) is 0 Å². The molecule has 0 amide bonds. The molecule has 0 atom stereocenters. The summed E-state index contributed by atoms with van der Waals surface area (Å²) in [5.41, 5.74) is 11.4. The highest BCUT2D eigenvalue weighted by Crippen LogP contribution is 2.24. The number of hydrogen-bond acceptors (Lipinski definition) is 4. The summed E-state index contributed by atoms with van der Waals surface area (Å²) in [7, 11) is 0. The van der Waals surface area contributed by atoms with Crippen LogP contribution in [0.5, 0.6) is 0 Å². The predicted molar refractivity (Wildman–Crippen MR) is 106 cm³/mol. The number of benzene rings is 2. The lowest BCUT2D eigenvalue weighted by Gasteiger charge is -2.13. The minimum Gasteiger partial charge on any atom is -0.331 e. The number of hydrogen-bond donors (Lipinski definition) is 3. The first-order valence-electron chi connectivity index (χ1n) is 7.53. The van der Waals surface area contributed by atoms with Gasteiger partial charge in [-0.05, 0) is 43.3 Å². The van der Waals surface area contributed by atoms with E-state index in [2.05, 4.69) is 46.3 Å². The van der Waals surface area contributed by atoms with Crippen molar-refractivity contribution in [2.45, 2.75) is 13.8 Å². The molecule has 3 rings (SSSR count). The van der Waals surface area contributed by atoms with Crippen molar-refractivity contribution in [2.24, 2.45) is 0 Å². The molecule has 0 spiro atoms. The van der Waals surface area contributed by atoms with Gasteiger partial charge in [0.15, 0.2) is 5.11 Å². The lowest BCUT2D eigenvalue weighted by Crippen LogP contribution is -2.33. The average Bonchev–Trinajstić information content (AvgIpc) is 3.06. The van der Waals surface area contributed by atoms with Crippen LogP contribution in [0, 0.1) is 13.8 Å². The molecule has 3 N–H and O–H groups in total. The highest BCUT2D eigenvalue weighted by atomic mass is 32.1. The van der Waals surface area contributed by atoms with Gasteiger partial charge in [0.2, 0.25) is 5.13 Å². The second kappa shape index (κ2) is 7.42. The van der Waals surface area contributed by atoms with Crippen molar-refractivity contribution < 1.29 is 0 Å². The van der Waals surface area contributed by atoms with Gasteiger partial charge < -0.3 is 5.32 Å². The van der Waals surface area contributed by atoms with Gasteiger partial charge in [0.25, 0.3) is 0 Å². The number of aromatic nitrogens is 1. The molecular weight excluding hydrogens is 336 g/mol. The molecule has 0 aliphatic carbocycles. The van der Waals surface area contributed by atoms with Crippen molar-refractivity contribution in [3.8, 4) is 11.3 Å². The fourth-order valence-electron chi connectivity index (χ4n) is 2.21. The van der Waals surface area contributed by atoms with Crippen LogP contribution in [-0.4, -0.2) is 10.1 Å². The highest BCUT2D eigenvalue weighted by Gasteiger charge is 2.05. The Kier molecular flexibility index (Phi) is 5.08. The van der Waals surface area contributed by atoms with Gasteiger partial charge in [-0.1, -0.05) is 42.5 Å². The van der Waals surface area contributed by atoms with Gasteiger partial charge in [0.05, 0.1) is 5.69 Å². The molecule has 0 saturated heterocycles. The monoisotopic (exact) mass is 354 g/mol. The molecule has 24 heavy (non-hydrogen) atoms. The Morgan fingerprint density at radius 2 is 1.88 bits per heavy atom. The Morgan fingerprint density at radius 1 is 1.08 bits per heavy atom. The van der Waals surface area contributed by atoms with Crippen molar-refractivity contribution >= 4 is 39.5 Å². The van der Waals surface area contributed by atoms with E-state index >= 15 is 0 Å². The first kappa shape index (κ1) is 16.4. The maximum absolute atomic E-state index is 5.33. The SMILES string of the molecule is Cc1ccc(C)c(NC(=S)NNc2nc(-c3ccccc3)cs2)c1. The van der Waals surface area contributed by atoms with E-state index in [-0.39, 0.29) is 0 Å². The van der Waals surface area contributed by atoms with Crippen LogP contribution in [0.15, 0.2) is 53.9 Å². The fraction of sp³-hybridized carbons (Fsp3) is 0.111. The van der Waals surface area contributed by atoms with Gasteiger partial charge in [-0.3, -0.25) is 10.9 Å². The van der Waals surface area contributed by atoms with Gasteiger partial charge in [-0.25, -0.2) is 4.98 Å². The molecule has 0 aliphatic rings. The molecule has 1 heterocycles. The summed E-state index contributed by atoms with van der Waals surface area (Å²) in [6.07, 6.45) is 0. The van der Waals surface area contributed by atoms with Gasteiger partial charge in [0.1, 0.15) is 0 Å². The average molecular weight is 355 g/mol. The molecule has 1 aromatic heterocycles. The van der Waals surface area contributed by atoms with Gasteiger partial charge >= 0.3 is 0 Å². The molecule has 6 heteroatoms. The highest BCUT2D eigenvalue weighted by molar-refractivity contribution is 7.80. The van der Waals surface area contributed by atoms with Crippen LogP contribution in [0.3, 0.4) is 0 Å². The number of hydrazine groups is 1. The third-order valence-corrected chi connectivity index (χ3v) is 4.46. The number of rotatable bonds is 4. The summed E-state index contributed by atoms with van der Waals surface area (Å²) in [5, 5.41) is 6.47. The molecule has 122 valence electrons. The fourth-order valence-corrected chi connectivity index (χ4v) is 3.04. The van der Waals surface area contributed by atoms with Crippen LogP contribution in [0.25, 0.3) is 11.3 Å². The lowest BCUT2D eigenvalue weighted by molar-refractivity contribution is 1.12. The van der Waals surface area contributed by atoms with Crippen molar-refractivity contribution in [1.82, 2.24) is 10.4 Å². The molecular formula is C18H18N4S2. The largest absolute Gasteiger partial charge is 0.331 e. The summed E-state index contributed by atoms with van der Waals surface area (Å²) >= 11 is 6.86. The summed E-state index contributed by atoms with van der Waals surface area (Å²) in [5.74, 6) is 0. The number of thiocarbonyl (C=S) groups is 1. The van der Waals surface area contributed by atoms with Gasteiger partial charge in [-0.15, -0.1) is 11.3 Å². The Labute approximate surface area is 150 Å². The number of nitrogens with zero attached hydrogens (tertiary/aromatic N) is 1. The maximum Gasteiger partial charge on any atom is 0.202 e. The number of anilines is 2. The molecule has 0 saturated carbocycles. The van der Waals surface area contributed by atoms with E-state index in [1.807, 2.05) is 42.6 Å². The molecule has 4 nitrogen and oxygen atoms in total. The summed E-state index contributed by atoms with van der Waals surface area (Å²) in [4.78, 5) is 4.55. The Bertz CT molecular complexity index is 843. The van der Waals surface area contributed by atoms with Crippen molar-refractivity contribution in [3.63, 3.8) is 0 Å². The van der Waals surface area contributed by atoms with Gasteiger partial charge in [-0.2, -0.15) is 0 Å². The Hall–Kier alpha value is -2.44. The third kappa shape index (κ3) is 4.10. The van der Waals surface area contributed by atoms with Crippen molar-refractivity contribution in [1.29, 1.82) is 0 Å². The molecule has 2 aromatic carbocycles. The molecule has 0 bridgehead atoms. The first-order chi connectivity index (χ1) is 11.6. The second-order valence-corrected chi connectivity index (χ2v) is 6.69. The van der Waals surface area contributed by atoms with Crippen LogP contribution in [0.2, 0.25) is 0 Å². The number of nitrogens with one attached hydrogen (secondary N) is 3. The zero-order chi connectivity index (χ0) is 16.9. The predicted octanol–water partition coefficient (Wildman–Crippen LogP) is 4.74. The molecule has 0 aliphatic heterocycles. The molecule has 3 aromatic rings. The van der Waals surface area contributed by atoms with Crippen LogP contribution in [0.1, 0.15) is 11.1 Å². The van der Waals surface area contributed by atoms with E-state index in [1.54, 1.807) is 0 Å². The molecule has 0 fully saturated rings. The van der Waals surface area contributed by atoms with E-state index in [0.717, 1.165) is 27.6 Å². The minimum absolute atomic E-state index is 0.500. The van der Waals surface area contributed by atoms with Crippen molar-refractivity contribution in [2.75, 3.05) is 10.7 Å². The van der Waals surface area contributed by atoms with E-state index in [4.69, 9.17) is 12.2 Å². The molecule has 0 radical (unpaired) electrons. The maximum atomic E-state index is 5.33. The summed E-state index contributed by atoms with van der Waals surface area (Å²) in [6.45, 7) is 4.10. The van der Waals surface area contributed by atoms with Crippen molar-refractivity contribution in [3.05, 3.63) is 65.0 Å². The molecule has 0 unspecified atom stereocenters. The topological polar surface area (TPSA) is 49.0 Å². The number of aryl methyl sites for hydroxylation is 2. The second-order valence-electron chi connectivity index (χ2n) is 5.43. The minimum atomic E-state index is 0.500. The van der Waals surface area contributed by atoms with E-state index < -0.39 is 0 Å². The number of thiazole rings is 1. The first-order valence-corrected chi connectivity index (χ1v) is 8.82. The quantitative estimate of drug-likeness (QED) is 0.467. The van der Waals surface area contributed by atoms with E-state index in [0.29, 0.717) is 5.11 Å². The van der Waals surface area contributed by atoms with Crippen LogP contribution in [0.4, 0.5) is 10.8 Å². The third-order valence-electron chi connectivity index (χ3n) is 3.50. The zero-order valence-electron chi connectivity index (χ0n) is 13.5.